The third-order valence-corrected chi connectivity index (χ3v) is 2.77. The largest absolute Gasteiger partial charge is 0.468 e. The summed E-state index contributed by atoms with van der Waals surface area (Å²) in [4.78, 5) is 23.8. The predicted octanol–water partition coefficient (Wildman–Crippen LogP) is 1.75. The maximum absolute atomic E-state index is 11.9. The number of benzene rings is 1. The smallest absolute Gasteiger partial charge is 0.327 e. The number of rotatable bonds is 5. The molecule has 0 saturated carbocycles. The Balaban J connectivity index is 3.15. The van der Waals surface area contributed by atoms with Crippen molar-refractivity contribution in [3.8, 4) is 0 Å². The highest BCUT2D eigenvalue weighted by Gasteiger charge is 2.45. The van der Waals surface area contributed by atoms with Gasteiger partial charge in [-0.05, 0) is 5.56 Å². The van der Waals surface area contributed by atoms with E-state index in [2.05, 4.69) is 6.58 Å². The Bertz CT molecular complexity index is 420. The first-order valence-corrected chi connectivity index (χ1v) is 5.45. The maximum atomic E-state index is 11.9. The van der Waals surface area contributed by atoms with Gasteiger partial charge in [0, 0.05) is 6.42 Å². The summed E-state index contributed by atoms with van der Waals surface area (Å²) in [6, 6.07) is 9.17. The van der Waals surface area contributed by atoms with Crippen LogP contribution in [0.5, 0.6) is 0 Å². The van der Waals surface area contributed by atoms with Crippen molar-refractivity contribution in [2.75, 3.05) is 14.2 Å². The molecule has 0 radical (unpaired) electrons. The van der Waals surface area contributed by atoms with Crippen molar-refractivity contribution in [2.45, 2.75) is 6.42 Å². The van der Waals surface area contributed by atoms with E-state index in [9.17, 15) is 9.59 Å². The summed E-state index contributed by atoms with van der Waals surface area (Å²) in [5.41, 5.74) is -0.668. The van der Waals surface area contributed by atoms with E-state index in [4.69, 9.17) is 9.47 Å². The number of methoxy groups -OCH3 is 2. The first-order valence-electron chi connectivity index (χ1n) is 5.45. The molecule has 1 rings (SSSR count). The summed E-state index contributed by atoms with van der Waals surface area (Å²) in [5, 5.41) is 0. The molecule has 0 aliphatic rings. The number of ether oxygens (including phenoxy) is 2. The topological polar surface area (TPSA) is 52.6 Å². The van der Waals surface area contributed by atoms with E-state index in [0.29, 0.717) is 0 Å². The molecule has 0 aromatic heterocycles. The molecule has 0 unspecified atom stereocenters. The van der Waals surface area contributed by atoms with Gasteiger partial charge in [-0.15, -0.1) is 6.58 Å². The lowest BCUT2D eigenvalue weighted by Crippen LogP contribution is -2.41. The minimum absolute atomic E-state index is 0.163. The molecular formula is C14H16O4. The van der Waals surface area contributed by atoms with Crippen LogP contribution in [0.1, 0.15) is 5.56 Å². The fourth-order valence-corrected chi connectivity index (χ4v) is 1.75. The monoisotopic (exact) mass is 248 g/mol. The molecule has 0 saturated heterocycles. The first kappa shape index (κ1) is 14.0. The Labute approximate surface area is 106 Å². The zero-order valence-corrected chi connectivity index (χ0v) is 10.5. The SMILES string of the molecule is C=CC(Cc1ccccc1)(C(=O)OC)C(=O)OC. The third-order valence-electron chi connectivity index (χ3n) is 2.77. The molecule has 0 aliphatic heterocycles. The lowest BCUT2D eigenvalue weighted by Gasteiger charge is -2.24. The van der Waals surface area contributed by atoms with Gasteiger partial charge in [0.05, 0.1) is 14.2 Å². The van der Waals surface area contributed by atoms with Gasteiger partial charge < -0.3 is 9.47 Å². The highest BCUT2D eigenvalue weighted by atomic mass is 16.5. The van der Waals surface area contributed by atoms with Crippen LogP contribution >= 0.6 is 0 Å². The molecule has 0 N–H and O–H groups in total. The summed E-state index contributed by atoms with van der Waals surface area (Å²) in [7, 11) is 2.46. The summed E-state index contributed by atoms with van der Waals surface area (Å²) in [6.45, 7) is 3.57. The number of carbonyl (C=O) groups is 2. The molecular weight excluding hydrogens is 232 g/mol. The molecule has 0 atom stereocenters. The molecule has 1 aromatic carbocycles. The quantitative estimate of drug-likeness (QED) is 0.452. The molecule has 96 valence electrons. The highest BCUT2D eigenvalue weighted by Crippen LogP contribution is 2.28. The molecule has 0 heterocycles. The molecule has 0 spiro atoms. The van der Waals surface area contributed by atoms with Crippen LogP contribution in [0.15, 0.2) is 43.0 Å². The first-order chi connectivity index (χ1) is 8.60. The molecule has 0 amide bonds. The van der Waals surface area contributed by atoms with Crippen molar-refractivity contribution in [3.63, 3.8) is 0 Å². The van der Waals surface area contributed by atoms with Crippen LogP contribution in [0.25, 0.3) is 0 Å². The van der Waals surface area contributed by atoms with Gasteiger partial charge in [0.1, 0.15) is 0 Å². The van der Waals surface area contributed by atoms with E-state index in [1.807, 2.05) is 30.3 Å². The lowest BCUT2D eigenvalue weighted by atomic mass is 9.81. The third kappa shape index (κ3) is 2.59. The van der Waals surface area contributed by atoms with Gasteiger partial charge in [-0.2, -0.15) is 0 Å². The summed E-state index contributed by atoms with van der Waals surface area (Å²) < 4.78 is 9.38. The molecule has 0 fully saturated rings. The molecule has 0 aliphatic carbocycles. The Morgan fingerprint density at radius 1 is 1.17 bits per heavy atom. The molecule has 4 heteroatoms. The molecule has 1 aromatic rings. The number of esters is 2. The van der Waals surface area contributed by atoms with E-state index in [-0.39, 0.29) is 6.42 Å². The van der Waals surface area contributed by atoms with E-state index < -0.39 is 17.4 Å². The second-order valence-corrected chi connectivity index (χ2v) is 3.82. The summed E-state index contributed by atoms with van der Waals surface area (Å²) in [6.07, 6.45) is 1.44. The zero-order valence-electron chi connectivity index (χ0n) is 10.5. The molecule has 0 bridgehead atoms. The van der Waals surface area contributed by atoms with Crippen LogP contribution < -0.4 is 0 Å². The standard InChI is InChI=1S/C14H16O4/c1-4-14(12(15)17-2,13(16)18-3)10-11-8-6-5-7-9-11/h4-9H,1,10H2,2-3H3. The zero-order chi connectivity index (χ0) is 13.6. The van der Waals surface area contributed by atoms with Crippen LogP contribution in [-0.2, 0) is 25.5 Å². The van der Waals surface area contributed by atoms with Gasteiger partial charge in [0.15, 0.2) is 5.41 Å². The van der Waals surface area contributed by atoms with Crippen LogP contribution in [-0.4, -0.2) is 26.2 Å². The van der Waals surface area contributed by atoms with Gasteiger partial charge in [-0.1, -0.05) is 36.4 Å². The van der Waals surface area contributed by atoms with Gasteiger partial charge in [-0.3, -0.25) is 9.59 Å². The van der Waals surface area contributed by atoms with Gasteiger partial charge >= 0.3 is 11.9 Å². The average molecular weight is 248 g/mol. The second-order valence-electron chi connectivity index (χ2n) is 3.82. The van der Waals surface area contributed by atoms with Crippen molar-refractivity contribution in [3.05, 3.63) is 48.6 Å². The van der Waals surface area contributed by atoms with Gasteiger partial charge in [-0.25, -0.2) is 0 Å². The molecule has 4 nitrogen and oxygen atoms in total. The normalized spacial score (nSPS) is 10.6. The molecule has 18 heavy (non-hydrogen) atoms. The number of hydrogen-bond donors (Lipinski definition) is 0. The minimum atomic E-state index is -1.50. The summed E-state index contributed by atoms with van der Waals surface area (Å²) >= 11 is 0. The Morgan fingerprint density at radius 3 is 2.06 bits per heavy atom. The fourth-order valence-electron chi connectivity index (χ4n) is 1.75. The van der Waals surface area contributed by atoms with Crippen molar-refractivity contribution in [1.82, 2.24) is 0 Å². The van der Waals surface area contributed by atoms with Crippen molar-refractivity contribution < 1.29 is 19.1 Å². The van der Waals surface area contributed by atoms with E-state index in [1.54, 1.807) is 0 Å². The van der Waals surface area contributed by atoms with Crippen molar-refractivity contribution >= 4 is 11.9 Å². The van der Waals surface area contributed by atoms with Gasteiger partial charge in [0.2, 0.25) is 0 Å². The van der Waals surface area contributed by atoms with Crippen molar-refractivity contribution in [2.24, 2.45) is 5.41 Å². The highest BCUT2D eigenvalue weighted by molar-refractivity contribution is 6.02. The lowest BCUT2D eigenvalue weighted by molar-refractivity contribution is -0.165. The maximum Gasteiger partial charge on any atom is 0.327 e. The Kier molecular flexibility index (Phi) is 4.66. The summed E-state index contributed by atoms with van der Waals surface area (Å²) in [5.74, 6) is -1.35. The number of carbonyl (C=O) groups excluding carboxylic acids is 2. The number of hydrogen-bond acceptors (Lipinski definition) is 4. The van der Waals surface area contributed by atoms with Crippen LogP contribution in [0.3, 0.4) is 0 Å². The predicted molar refractivity (Wildman–Crippen MR) is 66.8 cm³/mol. The fraction of sp³-hybridized carbons (Fsp3) is 0.286. The minimum Gasteiger partial charge on any atom is -0.468 e. The van der Waals surface area contributed by atoms with E-state index in [1.165, 1.54) is 20.3 Å². The van der Waals surface area contributed by atoms with Crippen LogP contribution in [0.4, 0.5) is 0 Å². The van der Waals surface area contributed by atoms with E-state index >= 15 is 0 Å². The van der Waals surface area contributed by atoms with Crippen molar-refractivity contribution in [1.29, 1.82) is 0 Å². The van der Waals surface area contributed by atoms with Gasteiger partial charge in [0.25, 0.3) is 0 Å². The average Bonchev–Trinajstić information content (AvgIpc) is 2.44. The van der Waals surface area contributed by atoms with Crippen LogP contribution in [0, 0.1) is 5.41 Å². The Morgan fingerprint density at radius 2 is 1.67 bits per heavy atom. The Hall–Kier alpha value is -2.10. The van der Waals surface area contributed by atoms with Crippen LogP contribution in [0.2, 0.25) is 0 Å². The second kappa shape index (κ2) is 6.00. The van der Waals surface area contributed by atoms with E-state index in [0.717, 1.165) is 5.56 Å².